The minimum atomic E-state index is -0.530. The predicted octanol–water partition coefficient (Wildman–Crippen LogP) is 3.62. The van der Waals surface area contributed by atoms with Crippen LogP contribution in [0.4, 0.5) is 5.69 Å². The van der Waals surface area contributed by atoms with E-state index in [4.69, 9.17) is 9.47 Å². The molecule has 0 radical (unpaired) electrons. The van der Waals surface area contributed by atoms with Crippen LogP contribution in [0.15, 0.2) is 84.9 Å². The van der Waals surface area contributed by atoms with Gasteiger partial charge >= 0.3 is 5.97 Å². The number of ether oxygens (including phenoxy) is 2. The molecule has 35 heavy (non-hydrogen) atoms. The maximum Gasteiger partial charge on any atom is 0.308 e. The van der Waals surface area contributed by atoms with E-state index in [2.05, 4.69) is 0 Å². The average molecular weight is 473 g/mol. The molecule has 3 aromatic rings. The van der Waals surface area contributed by atoms with Crippen LogP contribution in [-0.4, -0.2) is 49.0 Å². The number of amides is 2. The van der Waals surface area contributed by atoms with E-state index in [1.807, 2.05) is 72.8 Å². The number of esters is 1. The Labute approximate surface area is 204 Å². The maximum absolute atomic E-state index is 13.0. The first-order valence-electron chi connectivity index (χ1n) is 11.6. The second-order valence-electron chi connectivity index (χ2n) is 8.25. The van der Waals surface area contributed by atoms with E-state index in [9.17, 15) is 14.4 Å². The van der Waals surface area contributed by atoms with Crippen LogP contribution in [0, 0.1) is 0 Å². The molecule has 7 heteroatoms. The van der Waals surface area contributed by atoms with Crippen LogP contribution in [0.5, 0.6) is 5.75 Å². The van der Waals surface area contributed by atoms with Crippen LogP contribution in [0.2, 0.25) is 0 Å². The Morgan fingerprint density at radius 3 is 2.29 bits per heavy atom. The Kier molecular flexibility index (Phi) is 8.12. The highest BCUT2D eigenvalue weighted by molar-refractivity contribution is 5.98. The molecule has 0 N–H and O–H groups in total. The van der Waals surface area contributed by atoms with Gasteiger partial charge in [-0.2, -0.15) is 0 Å². The minimum absolute atomic E-state index is 0.0178. The summed E-state index contributed by atoms with van der Waals surface area (Å²) in [6.07, 6.45) is 0.683. The summed E-state index contributed by atoms with van der Waals surface area (Å²) in [6, 6.07) is 26.9. The largest absolute Gasteiger partial charge is 0.482 e. The highest BCUT2D eigenvalue weighted by Crippen LogP contribution is 2.31. The molecule has 0 unspecified atom stereocenters. The van der Waals surface area contributed by atoms with Gasteiger partial charge in [-0.25, -0.2) is 0 Å². The number of anilines is 1. The van der Waals surface area contributed by atoms with E-state index in [1.165, 1.54) is 4.90 Å². The standard InChI is InChI=1S/C28H28N2O5/c31-26(29(19-23-11-5-2-6-12-23)17-15-22-9-3-1-4-10-22)20-35-28(33)16-18-30-24-13-7-8-14-25(24)34-21-27(30)32/h1-14H,15-21H2. The molecule has 3 aromatic carbocycles. The lowest BCUT2D eigenvalue weighted by Gasteiger charge is -2.29. The molecule has 0 saturated carbocycles. The molecule has 1 aliphatic rings. The van der Waals surface area contributed by atoms with Crippen molar-refractivity contribution in [3.63, 3.8) is 0 Å². The molecule has 4 rings (SSSR count). The van der Waals surface area contributed by atoms with Crippen molar-refractivity contribution in [3.05, 3.63) is 96.1 Å². The molecule has 0 saturated heterocycles. The van der Waals surface area contributed by atoms with Gasteiger partial charge in [-0.1, -0.05) is 72.8 Å². The molecule has 0 atom stereocenters. The van der Waals surface area contributed by atoms with Gasteiger partial charge in [0.05, 0.1) is 12.1 Å². The van der Waals surface area contributed by atoms with E-state index in [0.717, 1.165) is 11.1 Å². The summed E-state index contributed by atoms with van der Waals surface area (Å²) >= 11 is 0. The average Bonchev–Trinajstić information content (AvgIpc) is 2.90. The molecular formula is C28H28N2O5. The number of nitrogens with zero attached hydrogens (tertiary/aromatic N) is 2. The van der Waals surface area contributed by atoms with Gasteiger partial charge in [0, 0.05) is 19.6 Å². The Hall–Kier alpha value is -4.13. The van der Waals surface area contributed by atoms with E-state index < -0.39 is 5.97 Å². The van der Waals surface area contributed by atoms with Crippen LogP contribution < -0.4 is 9.64 Å². The van der Waals surface area contributed by atoms with Crippen molar-refractivity contribution >= 4 is 23.5 Å². The Bertz CT molecular complexity index is 1150. The summed E-state index contributed by atoms with van der Waals surface area (Å²) in [5.74, 6) is -0.406. The zero-order chi connectivity index (χ0) is 24.5. The quantitative estimate of drug-likeness (QED) is 0.422. The molecule has 2 amide bonds. The van der Waals surface area contributed by atoms with Gasteiger partial charge in [-0.3, -0.25) is 14.4 Å². The fourth-order valence-corrected chi connectivity index (χ4v) is 3.91. The number of para-hydroxylation sites is 2. The van der Waals surface area contributed by atoms with Gasteiger partial charge in [0.1, 0.15) is 5.75 Å². The predicted molar refractivity (Wildman–Crippen MR) is 132 cm³/mol. The summed E-state index contributed by atoms with van der Waals surface area (Å²) in [6.45, 7) is 0.694. The summed E-state index contributed by atoms with van der Waals surface area (Å²) in [5.41, 5.74) is 2.76. The second kappa shape index (κ2) is 11.8. The summed E-state index contributed by atoms with van der Waals surface area (Å²) in [7, 11) is 0. The van der Waals surface area contributed by atoms with Gasteiger partial charge in [0.2, 0.25) is 0 Å². The summed E-state index contributed by atoms with van der Waals surface area (Å²) < 4.78 is 10.7. The lowest BCUT2D eigenvalue weighted by molar-refractivity contribution is -0.152. The lowest BCUT2D eigenvalue weighted by Crippen LogP contribution is -2.40. The van der Waals surface area contributed by atoms with E-state index >= 15 is 0 Å². The van der Waals surface area contributed by atoms with Crippen LogP contribution in [0.3, 0.4) is 0 Å². The molecule has 180 valence electrons. The smallest absolute Gasteiger partial charge is 0.308 e. The highest BCUT2D eigenvalue weighted by Gasteiger charge is 2.26. The highest BCUT2D eigenvalue weighted by atomic mass is 16.5. The number of benzene rings is 3. The van der Waals surface area contributed by atoms with Gasteiger partial charge < -0.3 is 19.3 Å². The van der Waals surface area contributed by atoms with Crippen molar-refractivity contribution in [2.45, 2.75) is 19.4 Å². The number of rotatable bonds is 10. The molecule has 0 spiro atoms. The van der Waals surface area contributed by atoms with E-state index in [0.29, 0.717) is 30.9 Å². The van der Waals surface area contributed by atoms with Crippen molar-refractivity contribution in [3.8, 4) is 5.75 Å². The van der Waals surface area contributed by atoms with Gasteiger partial charge in [-0.15, -0.1) is 0 Å². The number of carbonyl (C=O) groups is 3. The first-order chi connectivity index (χ1) is 17.1. The summed E-state index contributed by atoms with van der Waals surface area (Å²) in [4.78, 5) is 40.9. The zero-order valence-corrected chi connectivity index (χ0v) is 19.5. The SMILES string of the molecule is O=C(CCN1C(=O)COc2ccccc21)OCC(=O)N(CCc1ccccc1)Cc1ccccc1. The third-order valence-electron chi connectivity index (χ3n) is 5.79. The normalized spacial score (nSPS) is 12.5. The van der Waals surface area contributed by atoms with Gasteiger partial charge in [0.15, 0.2) is 13.2 Å². The van der Waals surface area contributed by atoms with Crippen LogP contribution in [0.1, 0.15) is 17.5 Å². The Morgan fingerprint density at radius 2 is 1.54 bits per heavy atom. The van der Waals surface area contributed by atoms with E-state index in [-0.39, 0.29) is 38.0 Å². The first-order valence-corrected chi connectivity index (χ1v) is 11.6. The summed E-state index contributed by atoms with van der Waals surface area (Å²) in [5, 5.41) is 0. The third-order valence-corrected chi connectivity index (χ3v) is 5.79. The molecule has 0 fully saturated rings. The topological polar surface area (TPSA) is 76.1 Å². The maximum atomic E-state index is 13.0. The first kappa shape index (κ1) is 24.0. The molecule has 0 aromatic heterocycles. The molecule has 1 aliphatic heterocycles. The fourth-order valence-electron chi connectivity index (χ4n) is 3.91. The number of fused-ring (bicyclic) bond motifs is 1. The van der Waals surface area contributed by atoms with Crippen molar-refractivity contribution < 1.29 is 23.9 Å². The molecular weight excluding hydrogens is 444 g/mol. The second-order valence-corrected chi connectivity index (χ2v) is 8.25. The van der Waals surface area contributed by atoms with Crippen LogP contribution >= 0.6 is 0 Å². The number of hydrogen-bond acceptors (Lipinski definition) is 5. The lowest BCUT2D eigenvalue weighted by atomic mass is 10.1. The van der Waals surface area contributed by atoms with Crippen molar-refractivity contribution in [2.24, 2.45) is 0 Å². The molecule has 0 aliphatic carbocycles. The number of hydrogen-bond donors (Lipinski definition) is 0. The Morgan fingerprint density at radius 1 is 0.886 bits per heavy atom. The minimum Gasteiger partial charge on any atom is -0.482 e. The van der Waals surface area contributed by atoms with Gasteiger partial charge in [0.25, 0.3) is 11.8 Å². The van der Waals surface area contributed by atoms with Crippen molar-refractivity contribution in [1.29, 1.82) is 0 Å². The number of carbonyl (C=O) groups excluding carboxylic acids is 3. The van der Waals surface area contributed by atoms with Crippen LogP contribution in [0.25, 0.3) is 0 Å². The molecule has 1 heterocycles. The Balaban J connectivity index is 1.31. The van der Waals surface area contributed by atoms with Crippen molar-refractivity contribution in [2.75, 3.05) is 31.2 Å². The van der Waals surface area contributed by atoms with E-state index in [1.54, 1.807) is 17.0 Å². The molecule has 0 bridgehead atoms. The fraction of sp³-hybridized carbons (Fsp3) is 0.250. The van der Waals surface area contributed by atoms with Gasteiger partial charge in [-0.05, 0) is 29.7 Å². The monoisotopic (exact) mass is 472 g/mol. The molecule has 7 nitrogen and oxygen atoms in total. The zero-order valence-electron chi connectivity index (χ0n) is 19.5. The van der Waals surface area contributed by atoms with Crippen LogP contribution in [-0.2, 0) is 32.1 Å². The van der Waals surface area contributed by atoms with Crippen molar-refractivity contribution in [1.82, 2.24) is 4.90 Å². The third kappa shape index (κ3) is 6.69.